The van der Waals surface area contributed by atoms with Gasteiger partial charge in [-0.05, 0) is 344 Å². The summed E-state index contributed by atoms with van der Waals surface area (Å²) in [6, 6.07) is 15.7. The van der Waals surface area contributed by atoms with Crippen molar-refractivity contribution in [3.05, 3.63) is 173 Å². The topological polar surface area (TPSA) is 407 Å². The molecule has 8 amide bonds. The van der Waals surface area contributed by atoms with Crippen LogP contribution in [-0.4, -0.2) is 184 Å². The van der Waals surface area contributed by atoms with E-state index in [1.807, 2.05) is 84.7 Å². The van der Waals surface area contributed by atoms with Crippen molar-refractivity contribution in [1.82, 2.24) is 82.6 Å². The highest BCUT2D eigenvalue weighted by Gasteiger charge is 2.41. The van der Waals surface area contributed by atoms with Crippen LogP contribution < -0.4 is 44.9 Å². The fraction of sp³-hybridized carbons (Fsp3) is 0.531. The summed E-state index contributed by atoms with van der Waals surface area (Å²) >= 11 is 0. The summed E-state index contributed by atoms with van der Waals surface area (Å²) in [5, 5.41) is 28.3. The van der Waals surface area contributed by atoms with Gasteiger partial charge in [-0.2, -0.15) is 54.1 Å². The number of fused-ring (bicyclic) bond motifs is 7. The van der Waals surface area contributed by atoms with E-state index in [4.69, 9.17) is 4.74 Å². The first kappa shape index (κ1) is 96.0. The second-order valence-electron chi connectivity index (χ2n) is 38.2. The zero-order chi connectivity index (χ0) is 95.4. The number of urea groups is 4. The maximum atomic E-state index is 14.9. The van der Waals surface area contributed by atoms with Crippen molar-refractivity contribution >= 4 is 87.0 Å². The molecule has 1 saturated heterocycles. The Morgan fingerprint density at radius 2 is 0.807 bits per heavy atom. The Balaban J connectivity index is 0.000000125. The number of hydrogen-bond donors (Lipinski definition) is 8. The molecular weight excluding hydrogens is 1800 g/mol. The number of nitrogens with zero attached hydrogens (tertiary/aromatic N) is 13. The molecule has 724 valence electrons. The Labute approximate surface area is 790 Å². The fourth-order valence-corrected chi connectivity index (χ4v) is 24.3. The van der Waals surface area contributed by atoms with Crippen molar-refractivity contribution in [2.45, 2.75) is 290 Å². The second kappa shape index (κ2) is 39.4. The third-order valence-electron chi connectivity index (χ3n) is 28.1. The van der Waals surface area contributed by atoms with Gasteiger partial charge in [-0.25, -0.2) is 47.4 Å². The summed E-state index contributed by atoms with van der Waals surface area (Å²) in [4.78, 5) is 64.1. The summed E-state index contributed by atoms with van der Waals surface area (Å²) in [7, 11) is -3.46. The van der Waals surface area contributed by atoms with Crippen LogP contribution in [0, 0.1) is 5.82 Å². The highest BCUT2D eigenvalue weighted by molar-refractivity contribution is 7.90. The molecule has 9 aromatic rings. The molecule has 10 aliphatic carbocycles. The van der Waals surface area contributed by atoms with Gasteiger partial charge in [0.05, 0.1) is 65.8 Å². The number of rotatable bonds is 28. The first-order chi connectivity index (χ1) is 64.6. The lowest BCUT2D eigenvalue weighted by molar-refractivity contribution is 0.108. The molecule has 11 aliphatic rings. The highest BCUT2D eigenvalue weighted by Crippen LogP contribution is 2.47. The molecule has 0 spiro atoms. The molecule has 34 nitrogen and oxygen atoms in total. The van der Waals surface area contributed by atoms with E-state index in [0.29, 0.717) is 65.4 Å². The van der Waals surface area contributed by atoms with E-state index in [1.165, 1.54) is 98.6 Å². The summed E-state index contributed by atoms with van der Waals surface area (Å²) in [5.74, 6) is -0.0446. The molecule has 4 fully saturated rings. The number of methoxy groups -OCH3 is 1. The van der Waals surface area contributed by atoms with Gasteiger partial charge in [0.15, 0.2) is 20.1 Å². The number of benzene rings is 4. The average molecular weight is 1930 g/mol. The molecule has 3 saturated carbocycles. The number of likely N-dealkylation sites (tertiary alicyclic amines) is 1. The molecule has 3 atom stereocenters. The quantitative estimate of drug-likeness (QED) is 0.0226. The van der Waals surface area contributed by atoms with E-state index in [1.54, 1.807) is 35.0 Å². The Hall–Kier alpha value is -10.7. The van der Waals surface area contributed by atoms with Gasteiger partial charge in [-0.3, -0.25) is 23.6 Å². The molecule has 0 bridgehead atoms. The Morgan fingerprint density at radius 1 is 0.437 bits per heavy atom. The molecular formula is C96H126FN21O13S4. The number of carbonyl (C=O) groups is 4. The lowest BCUT2D eigenvalue weighted by Crippen LogP contribution is -2.40. The lowest BCUT2D eigenvalue weighted by Gasteiger charge is -2.38. The van der Waals surface area contributed by atoms with Gasteiger partial charge >= 0.3 is 24.1 Å². The smallest absolute Gasteiger partial charge is 0.333 e. The van der Waals surface area contributed by atoms with Crippen LogP contribution in [0.15, 0.2) is 87.0 Å². The predicted molar refractivity (Wildman–Crippen MR) is 512 cm³/mol. The van der Waals surface area contributed by atoms with Crippen molar-refractivity contribution < 1.29 is 62.0 Å². The van der Waals surface area contributed by atoms with Crippen molar-refractivity contribution in [3.63, 3.8) is 0 Å². The summed E-state index contributed by atoms with van der Waals surface area (Å²) < 4.78 is 141. The van der Waals surface area contributed by atoms with Gasteiger partial charge in [0.1, 0.15) is 5.82 Å². The Bertz CT molecular complexity index is 6490. The Morgan fingerprint density at radius 3 is 1.17 bits per heavy atom. The average Bonchev–Trinajstić information content (AvgIpc) is 1.36. The fourth-order valence-electron chi connectivity index (χ4n) is 20.8. The predicted octanol–water partition coefficient (Wildman–Crippen LogP) is 14.1. The summed E-state index contributed by atoms with van der Waals surface area (Å²) in [5.41, 5.74) is 23.1. The lowest BCUT2D eigenvalue weighted by atomic mass is 9.97. The molecule has 0 radical (unpaired) electrons. The van der Waals surface area contributed by atoms with Gasteiger partial charge in [0, 0.05) is 91.4 Å². The van der Waals surface area contributed by atoms with Crippen LogP contribution in [0.4, 0.5) is 46.3 Å². The SMILES string of the molecule is CC(c1cc(S(=O)(=O)NC(=O)Nc2c3c(cc4c2CCC4)CCC3)nn1C1CC1)N(C)C.CCC(c1cc(S(=O)(=O)NC(=O)Nc2c3c(cc4c2CCC4)CCC3)nn1C1CC1)N(C)C.CCC(c1cc(S(=O)(=O)NC(=O)Nc2c3c(cc4c2CCC4)CCC3)nn1C1CC1)N1CCC1.CCn1nc(S(=O)(=O)NC(=O)Nc2c(-c3ccnc(OC)c3)cc(F)c3c2CCC3)cc1CN(C)C. The van der Waals surface area contributed by atoms with Crippen LogP contribution in [0.3, 0.4) is 0 Å². The first-order valence-corrected chi connectivity index (χ1v) is 53.8. The standard InChI is InChI=1S/C25H33N5O3S.C24H29FN6O4S.C24H33N5O3S.C23H31N5O3S/c1-2-21(29-12-5-13-29)22-15-23(27-30(22)18-10-11-18)34(32,33)28-25(31)26-24-19-8-3-6-16(19)14-17-7-4-9-20(17)24;1-5-31-16(14-30(2)3)12-22(28-31)36(33,34)29-24(32)27-23-18-8-6-7-17(18)20(25)13-19(23)15-9-10-26-21(11-15)35-4;1-4-20(28(2)3)21-14-22(26-29(21)17-11-12-17)33(31,32)27-24(30)25-23-18-9-5-7-15(18)13-16-8-6-10-19(16)23;1-14(27(2)3)20-13-21(25-28(20)17-10-11-17)32(30,31)26-23(29)24-22-18-8-4-6-15(18)12-16-7-5-9-19(16)22/h14-15,18,21H,2-13H2,1H3,(H2,26,28,31);9-13H,5-8,14H2,1-4H3,(H2,27,29,32);13-14,17,20H,4-12H2,1-3H3,(H2,25,27,30);12-14,17H,4-11H2,1-3H3,(H2,24,26,29). The number of carbonyl (C=O) groups excluding carboxylic acids is 4. The maximum absolute atomic E-state index is 14.9. The number of amides is 8. The summed E-state index contributed by atoms with van der Waals surface area (Å²) in [6.45, 7) is 11.1. The van der Waals surface area contributed by atoms with E-state index in [0.717, 1.165) is 221 Å². The molecule has 4 aromatic carbocycles. The number of aryl methyl sites for hydroxylation is 7. The van der Waals surface area contributed by atoms with E-state index in [-0.39, 0.29) is 62.2 Å². The van der Waals surface area contributed by atoms with E-state index < -0.39 is 64.2 Å². The van der Waals surface area contributed by atoms with Crippen LogP contribution in [0.25, 0.3) is 11.1 Å². The molecule has 5 aromatic heterocycles. The third kappa shape index (κ3) is 20.7. The first-order valence-electron chi connectivity index (χ1n) is 47.9. The Kier molecular flexibility index (Phi) is 28.0. The minimum Gasteiger partial charge on any atom is -0.481 e. The molecule has 1 aliphatic heterocycles. The van der Waals surface area contributed by atoms with Crippen molar-refractivity contribution in [2.75, 3.05) is 83.8 Å². The van der Waals surface area contributed by atoms with Crippen molar-refractivity contribution in [3.8, 4) is 17.0 Å². The van der Waals surface area contributed by atoms with Crippen molar-refractivity contribution in [2.24, 2.45) is 0 Å². The number of halogens is 1. The molecule has 8 N–H and O–H groups in total. The normalized spacial score (nSPS) is 17.5. The molecule has 135 heavy (non-hydrogen) atoms. The highest BCUT2D eigenvalue weighted by atomic mass is 32.2. The van der Waals surface area contributed by atoms with E-state index in [2.05, 4.69) is 103 Å². The largest absolute Gasteiger partial charge is 0.481 e. The molecule has 20 rings (SSSR count). The minimum atomic E-state index is -4.25. The number of anilines is 4. The van der Waals surface area contributed by atoms with Crippen LogP contribution in [0.5, 0.6) is 5.88 Å². The molecule has 3 unspecified atom stereocenters. The number of ether oxygens (including phenoxy) is 1. The number of aromatic nitrogens is 9. The van der Waals surface area contributed by atoms with Crippen LogP contribution in [0.2, 0.25) is 0 Å². The van der Waals surface area contributed by atoms with Gasteiger partial charge in [-0.1, -0.05) is 32.0 Å². The monoisotopic (exact) mass is 1930 g/mol. The number of sulfonamides is 4. The van der Waals surface area contributed by atoms with Gasteiger partial charge < -0.3 is 40.7 Å². The number of pyridine rings is 1. The second-order valence-corrected chi connectivity index (χ2v) is 44.8. The van der Waals surface area contributed by atoms with E-state index in [9.17, 15) is 57.2 Å². The number of nitrogens with one attached hydrogen (secondary N) is 8. The third-order valence-corrected chi connectivity index (χ3v) is 32.9. The van der Waals surface area contributed by atoms with Crippen LogP contribution >= 0.6 is 0 Å². The molecule has 39 heteroatoms. The summed E-state index contributed by atoms with van der Waals surface area (Å²) in [6.07, 6.45) is 30.3. The zero-order valence-electron chi connectivity index (χ0n) is 79.0. The van der Waals surface area contributed by atoms with Gasteiger partial charge in [0.2, 0.25) is 5.88 Å². The van der Waals surface area contributed by atoms with Gasteiger partial charge in [0.25, 0.3) is 40.1 Å². The molecule has 6 heterocycles. The number of hydrogen-bond acceptors (Lipinski definition) is 22. The van der Waals surface area contributed by atoms with Crippen LogP contribution in [0.1, 0.15) is 267 Å². The van der Waals surface area contributed by atoms with Crippen molar-refractivity contribution in [1.29, 1.82) is 0 Å². The maximum Gasteiger partial charge on any atom is 0.333 e. The minimum absolute atomic E-state index is 0.00960. The van der Waals surface area contributed by atoms with Crippen LogP contribution in [-0.2, 0) is 143 Å². The van der Waals surface area contributed by atoms with Gasteiger partial charge in [-0.15, -0.1) is 0 Å². The zero-order valence-corrected chi connectivity index (χ0v) is 82.3. The van der Waals surface area contributed by atoms with E-state index >= 15 is 0 Å².